The number of carbonyl (C=O) groups is 1. The van der Waals surface area contributed by atoms with E-state index in [0.717, 1.165) is 77.9 Å². The number of methoxy groups -OCH3 is 2. The Labute approximate surface area is 288 Å². The Bertz CT molecular complexity index is 1160. The highest BCUT2D eigenvalue weighted by Crippen LogP contribution is 2.05. The van der Waals surface area contributed by atoms with E-state index in [2.05, 4.69) is 22.4 Å². The van der Waals surface area contributed by atoms with Gasteiger partial charge in [-0.05, 0) is 39.0 Å². The number of hydroxylamine groups is 1. The van der Waals surface area contributed by atoms with Crippen LogP contribution in [0.3, 0.4) is 0 Å². The molecular weight excluding hydrogens is 644 g/mol. The second-order valence-corrected chi connectivity index (χ2v) is 11.2. The Balaban J connectivity index is 2.82. The topological polar surface area (TPSA) is 184 Å². The summed E-state index contributed by atoms with van der Waals surface area (Å²) in [7, 11) is 3.13. The Morgan fingerprint density at radius 2 is 1.18 bits per heavy atom. The Kier molecular flexibility index (Phi) is 26.3. The minimum Gasteiger partial charge on any atom is -0.382 e. The molecule has 0 aliphatic carbocycles. The summed E-state index contributed by atoms with van der Waals surface area (Å²) in [6, 6.07) is -1.24. The molecule has 1 unspecified atom stereocenters. The maximum atomic E-state index is 13.5. The van der Waals surface area contributed by atoms with Gasteiger partial charge >= 0.3 is 23.0 Å². The van der Waals surface area contributed by atoms with Crippen LogP contribution < -0.4 is 22.5 Å². The van der Waals surface area contributed by atoms with Crippen LogP contribution in [0.2, 0.25) is 0 Å². The molecule has 0 saturated carbocycles. The van der Waals surface area contributed by atoms with E-state index in [1.54, 1.807) is 14.2 Å². The van der Waals surface area contributed by atoms with Crippen molar-refractivity contribution in [1.29, 1.82) is 0 Å². The van der Waals surface area contributed by atoms with Crippen LogP contribution in [0, 0.1) is 0 Å². The summed E-state index contributed by atoms with van der Waals surface area (Å²) in [6.07, 6.45) is 12.1. The van der Waals surface area contributed by atoms with Gasteiger partial charge in [-0.1, -0.05) is 51.9 Å². The maximum Gasteiger partial charge on any atom is 0.347 e. The van der Waals surface area contributed by atoms with Gasteiger partial charge in [0.05, 0.1) is 13.2 Å². The molecule has 0 aliphatic rings. The first-order valence-corrected chi connectivity index (χ1v) is 17.3. The SMILES string of the molecule is CCCCCCNOC(=O)C(C)n1c(=O)n(CCCCCC/N=C/OOCCOC)c(=O)n(CCCCCC/N=C/OOCCOC)c1=O. The number of nitrogens with zero attached hydrogens (tertiary/aromatic N) is 5. The fraction of sp³-hybridized carbons (Fsp3) is 0.812. The molecule has 1 atom stereocenters. The molecule has 0 aliphatic heterocycles. The molecule has 17 nitrogen and oxygen atoms in total. The normalized spacial score (nSPS) is 12.2. The standard InChI is InChI=1S/C32H58N6O11/c1-5-6-7-14-19-35-49-29(39)28(2)38-31(41)36(20-15-10-8-12-17-33-26-47-45-24-22-43-3)30(40)37(32(38)42)21-16-11-9-13-18-34-27-48-46-25-23-44-4/h26-28,35H,5-25H2,1-4H3/b33-26+,34-27+. The summed E-state index contributed by atoms with van der Waals surface area (Å²) in [5.74, 6) is -0.784. The molecule has 0 aromatic carbocycles. The van der Waals surface area contributed by atoms with E-state index in [1.807, 2.05) is 0 Å². The number of carbonyl (C=O) groups excluding carboxylic acids is 1. The van der Waals surface area contributed by atoms with Gasteiger partial charge in [0.15, 0.2) is 0 Å². The molecule has 0 bridgehead atoms. The van der Waals surface area contributed by atoms with E-state index in [-0.39, 0.29) is 13.1 Å². The third-order valence-electron chi connectivity index (χ3n) is 7.32. The van der Waals surface area contributed by atoms with Crippen LogP contribution in [0.5, 0.6) is 0 Å². The predicted molar refractivity (Wildman–Crippen MR) is 184 cm³/mol. The van der Waals surface area contributed by atoms with Gasteiger partial charge in [-0.25, -0.2) is 32.9 Å². The highest BCUT2D eigenvalue weighted by molar-refractivity contribution is 5.73. The maximum absolute atomic E-state index is 13.5. The smallest absolute Gasteiger partial charge is 0.347 e. The van der Waals surface area contributed by atoms with Crippen LogP contribution in [0.25, 0.3) is 0 Å². The lowest BCUT2D eigenvalue weighted by Crippen LogP contribution is -2.56. The third-order valence-corrected chi connectivity index (χ3v) is 7.32. The fourth-order valence-electron chi connectivity index (χ4n) is 4.51. The van der Waals surface area contributed by atoms with Gasteiger partial charge in [0.1, 0.15) is 19.3 Å². The largest absolute Gasteiger partial charge is 0.382 e. The average Bonchev–Trinajstić information content (AvgIpc) is 3.09. The number of aliphatic imine (C=N–C) groups is 2. The number of hydrogen-bond acceptors (Lipinski definition) is 14. The summed E-state index contributed by atoms with van der Waals surface area (Å²) in [5.41, 5.74) is 0.273. The molecule has 1 N–H and O–H groups in total. The molecule has 0 radical (unpaired) electrons. The van der Waals surface area contributed by atoms with Gasteiger partial charge in [-0.15, -0.1) is 0 Å². The van der Waals surface area contributed by atoms with E-state index in [9.17, 15) is 19.2 Å². The van der Waals surface area contributed by atoms with Crippen molar-refractivity contribution in [3.05, 3.63) is 31.5 Å². The number of aromatic nitrogens is 3. The van der Waals surface area contributed by atoms with E-state index in [4.69, 9.17) is 33.9 Å². The van der Waals surface area contributed by atoms with Gasteiger partial charge in [0.2, 0.25) is 12.8 Å². The Morgan fingerprint density at radius 3 is 1.67 bits per heavy atom. The highest BCUT2D eigenvalue weighted by Gasteiger charge is 2.25. The first-order valence-electron chi connectivity index (χ1n) is 17.3. The summed E-state index contributed by atoms with van der Waals surface area (Å²) in [6.45, 7) is 6.66. The van der Waals surface area contributed by atoms with Crippen molar-refractivity contribution in [3.63, 3.8) is 0 Å². The Hall–Kier alpha value is -3.38. The zero-order valence-corrected chi connectivity index (χ0v) is 29.8. The number of ether oxygens (including phenoxy) is 2. The molecule has 49 heavy (non-hydrogen) atoms. The first-order chi connectivity index (χ1) is 23.9. The predicted octanol–water partition coefficient (Wildman–Crippen LogP) is 2.73. The molecule has 0 amide bonds. The van der Waals surface area contributed by atoms with Gasteiger partial charge in [0.25, 0.3) is 0 Å². The third kappa shape index (κ3) is 19.4. The number of hydrogen-bond donors (Lipinski definition) is 1. The highest BCUT2D eigenvalue weighted by atomic mass is 17.2. The zero-order valence-electron chi connectivity index (χ0n) is 29.8. The van der Waals surface area contributed by atoms with Crippen molar-refractivity contribution < 1.29 is 38.7 Å². The summed E-state index contributed by atoms with van der Waals surface area (Å²) >= 11 is 0. The molecule has 0 saturated heterocycles. The number of unbranched alkanes of at least 4 members (excludes halogenated alkanes) is 9. The fourth-order valence-corrected chi connectivity index (χ4v) is 4.51. The van der Waals surface area contributed by atoms with Crippen molar-refractivity contribution in [2.24, 2.45) is 9.98 Å². The van der Waals surface area contributed by atoms with Crippen LogP contribution in [-0.4, -0.2) is 92.8 Å². The van der Waals surface area contributed by atoms with Gasteiger partial charge in [-0.2, -0.15) is 15.3 Å². The molecule has 1 aromatic heterocycles. The van der Waals surface area contributed by atoms with Crippen molar-refractivity contribution in [3.8, 4) is 0 Å². The van der Waals surface area contributed by atoms with Crippen LogP contribution >= 0.6 is 0 Å². The lowest BCUT2D eigenvalue weighted by atomic mass is 10.2. The summed E-state index contributed by atoms with van der Waals surface area (Å²) < 4.78 is 12.6. The van der Waals surface area contributed by atoms with Crippen LogP contribution in [0.1, 0.15) is 96.9 Å². The zero-order chi connectivity index (χ0) is 36.0. The minimum absolute atomic E-state index is 0.102. The van der Waals surface area contributed by atoms with Crippen LogP contribution in [0.15, 0.2) is 24.4 Å². The minimum atomic E-state index is -1.24. The first kappa shape index (κ1) is 43.6. The lowest BCUT2D eigenvalue weighted by molar-refractivity contribution is -0.223. The summed E-state index contributed by atoms with van der Waals surface area (Å²) in [5, 5.41) is 0. The van der Waals surface area contributed by atoms with E-state index < -0.39 is 29.1 Å². The van der Waals surface area contributed by atoms with Crippen LogP contribution in [-0.2, 0) is 51.7 Å². The molecule has 0 spiro atoms. The van der Waals surface area contributed by atoms with Crippen molar-refractivity contribution in [2.45, 2.75) is 110 Å². The van der Waals surface area contributed by atoms with E-state index in [1.165, 1.54) is 19.7 Å². The van der Waals surface area contributed by atoms with Gasteiger partial charge in [0, 0.05) is 46.9 Å². The summed E-state index contributed by atoms with van der Waals surface area (Å²) in [4.78, 5) is 85.8. The average molecular weight is 703 g/mol. The number of nitrogens with one attached hydrogen (secondary N) is 1. The number of rotatable bonds is 32. The second kappa shape index (κ2) is 29.5. The van der Waals surface area contributed by atoms with Gasteiger partial charge in [-0.3, -0.25) is 9.98 Å². The Morgan fingerprint density at radius 1 is 0.694 bits per heavy atom. The van der Waals surface area contributed by atoms with Crippen molar-refractivity contribution in [2.75, 3.05) is 60.3 Å². The molecule has 282 valence electrons. The second-order valence-electron chi connectivity index (χ2n) is 11.2. The van der Waals surface area contributed by atoms with E-state index >= 15 is 0 Å². The molecule has 17 heteroatoms. The molecule has 1 aromatic rings. The van der Waals surface area contributed by atoms with Crippen molar-refractivity contribution >= 4 is 18.8 Å². The van der Waals surface area contributed by atoms with Gasteiger partial charge < -0.3 is 24.1 Å². The molecule has 1 heterocycles. The van der Waals surface area contributed by atoms with E-state index in [0.29, 0.717) is 58.9 Å². The van der Waals surface area contributed by atoms with Crippen molar-refractivity contribution in [1.82, 2.24) is 19.2 Å². The van der Waals surface area contributed by atoms with Crippen LogP contribution in [0.4, 0.5) is 0 Å². The monoisotopic (exact) mass is 702 g/mol. The quantitative estimate of drug-likeness (QED) is 0.0381. The molecular formula is C32H58N6O11. The lowest BCUT2D eigenvalue weighted by Gasteiger charge is -2.18. The molecule has 0 fully saturated rings. The molecule has 1 rings (SSSR count).